The van der Waals surface area contributed by atoms with Crippen LogP contribution in [-0.2, 0) is 25.5 Å². The predicted octanol–water partition coefficient (Wildman–Crippen LogP) is 2.67. The maximum absolute atomic E-state index is 11.7. The fraction of sp³-hybridized carbons (Fsp3) is 0.375. The van der Waals surface area contributed by atoms with Gasteiger partial charge < -0.3 is 9.47 Å². The highest BCUT2D eigenvalue weighted by Gasteiger charge is 2.20. The summed E-state index contributed by atoms with van der Waals surface area (Å²) in [4.78, 5) is 23.4. The van der Waals surface area contributed by atoms with Crippen LogP contribution in [0.1, 0.15) is 25.8 Å². The monoisotopic (exact) mass is 276 g/mol. The van der Waals surface area contributed by atoms with Gasteiger partial charge in [0.1, 0.15) is 5.57 Å². The minimum atomic E-state index is -0.626. The van der Waals surface area contributed by atoms with Crippen molar-refractivity contribution in [2.45, 2.75) is 26.7 Å². The molecule has 0 bridgehead atoms. The Morgan fingerprint density at radius 2 is 1.55 bits per heavy atom. The molecule has 0 aliphatic rings. The molecular weight excluding hydrogens is 256 g/mol. The molecule has 0 radical (unpaired) electrons. The topological polar surface area (TPSA) is 52.6 Å². The lowest BCUT2D eigenvalue weighted by atomic mass is 10.1. The number of hydrogen-bond acceptors (Lipinski definition) is 4. The molecular formula is C16H20O4. The highest BCUT2D eigenvalue weighted by atomic mass is 16.6. The Hall–Kier alpha value is -2.10. The number of allylic oxidation sites excluding steroid dienone is 1. The maximum atomic E-state index is 11.7. The minimum Gasteiger partial charge on any atom is -0.462 e. The molecule has 0 aromatic heterocycles. The molecule has 0 fully saturated rings. The number of ether oxygens (including phenoxy) is 2. The molecule has 1 rings (SSSR count). The molecule has 0 spiro atoms. The Morgan fingerprint density at radius 1 is 1.00 bits per heavy atom. The van der Waals surface area contributed by atoms with Gasteiger partial charge in [-0.1, -0.05) is 36.4 Å². The molecule has 108 valence electrons. The summed E-state index contributed by atoms with van der Waals surface area (Å²) < 4.78 is 9.73. The van der Waals surface area contributed by atoms with Gasteiger partial charge in [-0.15, -0.1) is 0 Å². The van der Waals surface area contributed by atoms with Gasteiger partial charge in [0.15, 0.2) is 0 Å². The molecule has 0 aliphatic carbocycles. The third-order valence-electron chi connectivity index (χ3n) is 2.61. The highest BCUT2D eigenvalue weighted by molar-refractivity contribution is 6.14. The van der Waals surface area contributed by atoms with Crippen molar-refractivity contribution in [2.24, 2.45) is 0 Å². The van der Waals surface area contributed by atoms with E-state index >= 15 is 0 Å². The second-order valence-corrected chi connectivity index (χ2v) is 4.08. The summed E-state index contributed by atoms with van der Waals surface area (Å²) in [5, 5.41) is 0. The molecule has 0 saturated heterocycles. The van der Waals surface area contributed by atoms with E-state index in [4.69, 9.17) is 9.47 Å². The molecule has 0 unspecified atom stereocenters. The zero-order valence-electron chi connectivity index (χ0n) is 11.9. The Bertz CT molecular complexity index is 443. The number of carbonyl (C=O) groups excluding carboxylic acids is 2. The van der Waals surface area contributed by atoms with E-state index in [0.29, 0.717) is 6.42 Å². The van der Waals surface area contributed by atoms with Crippen molar-refractivity contribution in [2.75, 3.05) is 13.2 Å². The van der Waals surface area contributed by atoms with E-state index < -0.39 is 11.9 Å². The summed E-state index contributed by atoms with van der Waals surface area (Å²) in [5.41, 5.74) is 1.13. The number of hydrogen-bond donors (Lipinski definition) is 0. The van der Waals surface area contributed by atoms with Crippen LogP contribution in [0.5, 0.6) is 0 Å². The molecule has 1 aromatic carbocycles. The van der Waals surface area contributed by atoms with Gasteiger partial charge in [0.25, 0.3) is 0 Å². The summed E-state index contributed by atoms with van der Waals surface area (Å²) in [5.74, 6) is -1.25. The van der Waals surface area contributed by atoms with Crippen LogP contribution in [0.4, 0.5) is 0 Å². The molecule has 4 heteroatoms. The third-order valence-corrected chi connectivity index (χ3v) is 2.61. The maximum Gasteiger partial charge on any atom is 0.345 e. The third kappa shape index (κ3) is 5.26. The second-order valence-electron chi connectivity index (χ2n) is 4.08. The zero-order valence-corrected chi connectivity index (χ0v) is 11.9. The van der Waals surface area contributed by atoms with E-state index in [2.05, 4.69) is 0 Å². The number of rotatable bonds is 7. The van der Waals surface area contributed by atoms with Crippen LogP contribution in [0.25, 0.3) is 0 Å². The summed E-state index contributed by atoms with van der Waals surface area (Å²) in [7, 11) is 0. The van der Waals surface area contributed by atoms with Gasteiger partial charge in [-0.25, -0.2) is 9.59 Å². The van der Waals surface area contributed by atoms with Crippen LogP contribution in [-0.4, -0.2) is 25.2 Å². The van der Waals surface area contributed by atoms with Crippen molar-refractivity contribution in [1.29, 1.82) is 0 Å². The van der Waals surface area contributed by atoms with Crippen molar-refractivity contribution >= 4 is 11.9 Å². The molecule has 0 amide bonds. The van der Waals surface area contributed by atoms with Crippen LogP contribution < -0.4 is 0 Å². The van der Waals surface area contributed by atoms with Crippen LogP contribution in [0, 0.1) is 0 Å². The van der Waals surface area contributed by atoms with Gasteiger partial charge in [-0.05, 0) is 32.3 Å². The largest absolute Gasteiger partial charge is 0.462 e. The van der Waals surface area contributed by atoms with E-state index in [9.17, 15) is 9.59 Å². The molecule has 0 saturated carbocycles. The lowest BCUT2D eigenvalue weighted by Gasteiger charge is -2.06. The van der Waals surface area contributed by atoms with Crippen LogP contribution >= 0.6 is 0 Å². The fourth-order valence-corrected chi connectivity index (χ4v) is 1.70. The van der Waals surface area contributed by atoms with Crippen LogP contribution in [0.3, 0.4) is 0 Å². The van der Waals surface area contributed by atoms with Gasteiger partial charge in [0, 0.05) is 0 Å². The van der Waals surface area contributed by atoms with Crippen molar-refractivity contribution in [3.8, 4) is 0 Å². The quantitative estimate of drug-likeness (QED) is 0.332. The molecule has 0 aliphatic heterocycles. The van der Waals surface area contributed by atoms with Gasteiger partial charge >= 0.3 is 11.9 Å². The summed E-state index contributed by atoms with van der Waals surface area (Å²) in [6.07, 6.45) is 2.92. The first-order valence-electron chi connectivity index (χ1n) is 6.77. The Kier molecular flexibility index (Phi) is 7.11. The van der Waals surface area contributed by atoms with E-state index in [1.165, 1.54) is 0 Å². The first kappa shape index (κ1) is 16.0. The Balaban J connectivity index is 2.69. The standard InChI is InChI=1S/C16H20O4/c1-3-19-15(17)14(16(18)20-4-2)12-8-11-13-9-6-5-7-10-13/h5-7,9-10,12H,3-4,8,11H2,1-2H3. The van der Waals surface area contributed by atoms with Crippen molar-refractivity contribution < 1.29 is 19.1 Å². The normalized spacial score (nSPS) is 9.70. The van der Waals surface area contributed by atoms with E-state index in [1.807, 2.05) is 30.3 Å². The smallest absolute Gasteiger partial charge is 0.345 e. The number of esters is 2. The van der Waals surface area contributed by atoms with Crippen molar-refractivity contribution in [1.82, 2.24) is 0 Å². The SMILES string of the molecule is CCOC(=O)C(=CCCc1ccccc1)C(=O)OCC. The summed E-state index contributed by atoms with van der Waals surface area (Å²) in [6.45, 7) is 3.86. The fourth-order valence-electron chi connectivity index (χ4n) is 1.70. The number of benzene rings is 1. The molecule has 0 atom stereocenters. The van der Waals surface area contributed by atoms with E-state index in [1.54, 1.807) is 19.9 Å². The summed E-state index contributed by atoms with van der Waals surface area (Å²) >= 11 is 0. The van der Waals surface area contributed by atoms with Crippen molar-refractivity contribution in [3.05, 3.63) is 47.5 Å². The predicted molar refractivity (Wildman–Crippen MR) is 76.1 cm³/mol. The Labute approximate surface area is 119 Å². The highest BCUT2D eigenvalue weighted by Crippen LogP contribution is 2.08. The summed E-state index contributed by atoms with van der Waals surface area (Å²) in [6, 6.07) is 9.86. The zero-order chi connectivity index (χ0) is 14.8. The van der Waals surface area contributed by atoms with Crippen LogP contribution in [0.2, 0.25) is 0 Å². The average Bonchev–Trinajstić information content (AvgIpc) is 2.45. The first-order chi connectivity index (χ1) is 9.69. The molecule has 20 heavy (non-hydrogen) atoms. The first-order valence-corrected chi connectivity index (χ1v) is 6.77. The molecule has 0 N–H and O–H groups in total. The van der Waals surface area contributed by atoms with Gasteiger partial charge in [-0.2, -0.15) is 0 Å². The van der Waals surface area contributed by atoms with Gasteiger partial charge in [0.2, 0.25) is 0 Å². The van der Waals surface area contributed by atoms with Gasteiger partial charge in [-0.3, -0.25) is 0 Å². The minimum absolute atomic E-state index is 0.0235. The number of carbonyl (C=O) groups is 2. The lowest BCUT2D eigenvalue weighted by molar-refractivity contribution is -0.146. The van der Waals surface area contributed by atoms with Crippen molar-refractivity contribution in [3.63, 3.8) is 0 Å². The average molecular weight is 276 g/mol. The van der Waals surface area contributed by atoms with Gasteiger partial charge in [0.05, 0.1) is 13.2 Å². The van der Waals surface area contributed by atoms with E-state index in [-0.39, 0.29) is 18.8 Å². The Morgan fingerprint density at radius 3 is 2.05 bits per heavy atom. The van der Waals surface area contributed by atoms with Crippen LogP contribution in [0.15, 0.2) is 42.0 Å². The number of aryl methyl sites for hydroxylation is 1. The van der Waals surface area contributed by atoms with E-state index in [0.717, 1.165) is 12.0 Å². The lowest BCUT2D eigenvalue weighted by Crippen LogP contribution is -2.18. The second kappa shape index (κ2) is 8.91. The molecule has 0 heterocycles. The molecule has 1 aromatic rings. The molecule has 4 nitrogen and oxygen atoms in total.